The first-order valence-corrected chi connectivity index (χ1v) is 16.8. The number of hydrogen-bond acceptors (Lipinski definition) is 8. The number of thioether (sulfide) groups is 1. The Hall–Kier alpha value is -4.07. The van der Waals surface area contributed by atoms with Crippen molar-refractivity contribution in [3.05, 3.63) is 94.5 Å². The van der Waals surface area contributed by atoms with Crippen LogP contribution in [0.1, 0.15) is 31.7 Å². The molecule has 0 spiro atoms. The lowest BCUT2D eigenvalue weighted by Crippen LogP contribution is -2.55. The number of para-hydroxylation sites is 1. The van der Waals surface area contributed by atoms with Crippen LogP contribution in [0.25, 0.3) is 17.1 Å². The van der Waals surface area contributed by atoms with Crippen LogP contribution in [-0.4, -0.2) is 74.6 Å². The van der Waals surface area contributed by atoms with E-state index < -0.39 is 21.0 Å². The number of nitro benzene ring substituents is 1. The zero-order valence-electron chi connectivity index (χ0n) is 24.6. The van der Waals surface area contributed by atoms with Crippen molar-refractivity contribution in [3.8, 4) is 17.1 Å². The van der Waals surface area contributed by atoms with Gasteiger partial charge >= 0.3 is 0 Å². The molecule has 2 heterocycles. The SMILES string of the molecule is Cc1ccc(-c2nnc(SCCCCC(=O)N3CCN(S(=O)(=O)c4ccc([N+](=O)[O-])cc4)C(C)C3)n2-c2ccccc2)cc1. The van der Waals surface area contributed by atoms with Gasteiger partial charge in [0.25, 0.3) is 5.69 Å². The number of carbonyl (C=O) groups is 1. The summed E-state index contributed by atoms with van der Waals surface area (Å²) >= 11 is 1.61. The highest BCUT2D eigenvalue weighted by molar-refractivity contribution is 7.99. The Kier molecular flexibility index (Phi) is 9.77. The van der Waals surface area contributed by atoms with Gasteiger partial charge in [-0.25, -0.2) is 8.42 Å². The predicted molar refractivity (Wildman–Crippen MR) is 169 cm³/mol. The summed E-state index contributed by atoms with van der Waals surface area (Å²) in [6.07, 6.45) is 1.89. The summed E-state index contributed by atoms with van der Waals surface area (Å²) in [5, 5.41) is 20.7. The van der Waals surface area contributed by atoms with Crippen molar-refractivity contribution in [1.82, 2.24) is 24.0 Å². The molecule has 1 amide bonds. The molecule has 1 unspecified atom stereocenters. The number of benzene rings is 3. The highest BCUT2D eigenvalue weighted by atomic mass is 32.2. The smallest absolute Gasteiger partial charge is 0.269 e. The normalized spacial score (nSPS) is 15.8. The number of piperazine rings is 1. The Labute approximate surface area is 261 Å². The summed E-state index contributed by atoms with van der Waals surface area (Å²) in [5.41, 5.74) is 2.97. The molecule has 4 aromatic rings. The Morgan fingerprint density at radius 2 is 1.68 bits per heavy atom. The molecular formula is C31H34N6O5S2. The maximum atomic E-state index is 13.2. The molecule has 0 radical (unpaired) electrons. The number of nitro groups is 1. The summed E-state index contributed by atoms with van der Waals surface area (Å²) < 4.78 is 29.8. The number of non-ortho nitro benzene ring substituents is 1. The molecule has 230 valence electrons. The van der Waals surface area contributed by atoms with Crippen molar-refractivity contribution in [2.24, 2.45) is 0 Å². The summed E-state index contributed by atoms with van der Waals surface area (Å²) in [6, 6.07) is 22.7. The Morgan fingerprint density at radius 1 is 0.977 bits per heavy atom. The maximum absolute atomic E-state index is 13.2. The van der Waals surface area contributed by atoms with E-state index in [0.29, 0.717) is 25.9 Å². The van der Waals surface area contributed by atoms with E-state index in [1.807, 2.05) is 49.4 Å². The highest BCUT2D eigenvalue weighted by Gasteiger charge is 2.35. The average molecular weight is 635 g/mol. The number of sulfonamides is 1. The lowest BCUT2D eigenvalue weighted by molar-refractivity contribution is -0.384. The first-order valence-electron chi connectivity index (χ1n) is 14.4. The largest absolute Gasteiger partial charge is 0.340 e. The van der Waals surface area contributed by atoms with Crippen molar-refractivity contribution in [2.45, 2.75) is 49.2 Å². The fourth-order valence-electron chi connectivity index (χ4n) is 5.16. The molecule has 1 aromatic heterocycles. The number of nitrogens with zero attached hydrogens (tertiary/aromatic N) is 6. The first kappa shape index (κ1) is 31.4. The minimum absolute atomic E-state index is 0.00121. The second-order valence-corrected chi connectivity index (χ2v) is 13.7. The molecule has 1 saturated heterocycles. The lowest BCUT2D eigenvalue weighted by atomic mass is 10.1. The number of rotatable bonds is 11. The molecule has 11 nitrogen and oxygen atoms in total. The van der Waals surface area contributed by atoms with Crippen molar-refractivity contribution in [2.75, 3.05) is 25.4 Å². The standard InChI is InChI=1S/C31H34N6O5S2/c1-23-11-13-25(14-12-23)30-32-33-31(36(30)26-8-4-3-5-9-26)43-21-7-6-10-29(38)34-19-20-35(24(2)22-34)44(41,42)28-17-15-27(16-18-28)37(39)40/h3-5,8-9,11-18,24H,6-7,10,19-22H2,1-2H3. The fraction of sp³-hybridized carbons (Fsp3) is 0.323. The molecule has 1 atom stereocenters. The van der Waals surface area contributed by atoms with E-state index in [9.17, 15) is 23.3 Å². The summed E-state index contributed by atoms with van der Waals surface area (Å²) in [7, 11) is -3.84. The Morgan fingerprint density at radius 3 is 2.34 bits per heavy atom. The van der Waals surface area contributed by atoms with Crippen LogP contribution in [0.5, 0.6) is 0 Å². The van der Waals surface area contributed by atoms with E-state index in [-0.39, 0.29) is 23.0 Å². The van der Waals surface area contributed by atoms with Gasteiger partial charge in [0.2, 0.25) is 15.9 Å². The average Bonchev–Trinajstić information content (AvgIpc) is 3.45. The van der Waals surface area contributed by atoms with Crippen LogP contribution in [0.15, 0.2) is 88.9 Å². The minimum atomic E-state index is -3.84. The van der Waals surface area contributed by atoms with E-state index in [4.69, 9.17) is 0 Å². The summed E-state index contributed by atoms with van der Waals surface area (Å²) in [4.78, 5) is 25.1. The number of amides is 1. The topological polar surface area (TPSA) is 132 Å². The molecule has 0 aliphatic carbocycles. The second-order valence-electron chi connectivity index (χ2n) is 10.7. The van der Waals surface area contributed by atoms with Crippen LogP contribution in [0.2, 0.25) is 0 Å². The van der Waals surface area contributed by atoms with Gasteiger partial charge in [-0.2, -0.15) is 4.31 Å². The number of carbonyl (C=O) groups excluding carboxylic acids is 1. The van der Waals surface area contributed by atoms with E-state index >= 15 is 0 Å². The van der Waals surface area contributed by atoms with Gasteiger partial charge in [-0.15, -0.1) is 10.2 Å². The van der Waals surface area contributed by atoms with Gasteiger partial charge in [0.05, 0.1) is 9.82 Å². The predicted octanol–water partition coefficient (Wildman–Crippen LogP) is 5.33. The molecule has 3 aromatic carbocycles. The van der Waals surface area contributed by atoms with Crippen LogP contribution < -0.4 is 0 Å². The van der Waals surface area contributed by atoms with Gasteiger partial charge in [-0.3, -0.25) is 19.5 Å². The van der Waals surface area contributed by atoms with Crippen molar-refractivity contribution >= 4 is 33.4 Å². The third-order valence-electron chi connectivity index (χ3n) is 7.55. The Bertz CT molecular complexity index is 1710. The highest BCUT2D eigenvalue weighted by Crippen LogP contribution is 2.29. The number of hydrogen-bond donors (Lipinski definition) is 0. The second kappa shape index (κ2) is 13.7. The zero-order chi connectivity index (χ0) is 31.3. The van der Waals surface area contributed by atoms with Gasteiger partial charge in [0.1, 0.15) is 0 Å². The van der Waals surface area contributed by atoms with E-state index in [1.165, 1.54) is 34.1 Å². The zero-order valence-corrected chi connectivity index (χ0v) is 26.2. The van der Waals surface area contributed by atoms with Crippen molar-refractivity contribution in [3.63, 3.8) is 0 Å². The number of aryl methyl sites for hydroxylation is 1. The summed E-state index contributed by atoms with van der Waals surface area (Å²) in [5.74, 6) is 1.55. The van der Waals surface area contributed by atoms with Gasteiger partial charge in [0, 0.05) is 61.2 Å². The van der Waals surface area contributed by atoms with E-state index in [0.717, 1.165) is 34.4 Å². The molecule has 44 heavy (non-hydrogen) atoms. The van der Waals surface area contributed by atoms with E-state index in [1.54, 1.807) is 23.6 Å². The molecule has 0 saturated carbocycles. The molecule has 1 aliphatic rings. The number of unbranched alkanes of at least 4 members (excludes halogenated alkanes) is 1. The molecular weight excluding hydrogens is 601 g/mol. The molecule has 0 bridgehead atoms. The van der Waals surface area contributed by atoms with Gasteiger partial charge in [-0.05, 0) is 51.0 Å². The van der Waals surface area contributed by atoms with Crippen LogP contribution in [0.4, 0.5) is 5.69 Å². The van der Waals surface area contributed by atoms with Crippen molar-refractivity contribution in [1.29, 1.82) is 0 Å². The quantitative estimate of drug-likeness (QED) is 0.0936. The summed E-state index contributed by atoms with van der Waals surface area (Å²) in [6.45, 7) is 4.58. The van der Waals surface area contributed by atoms with Crippen LogP contribution >= 0.6 is 11.8 Å². The molecule has 1 aliphatic heterocycles. The van der Waals surface area contributed by atoms with Crippen molar-refractivity contribution < 1.29 is 18.1 Å². The van der Waals surface area contributed by atoms with Gasteiger partial charge < -0.3 is 4.90 Å². The monoisotopic (exact) mass is 634 g/mol. The minimum Gasteiger partial charge on any atom is -0.340 e. The molecule has 1 fully saturated rings. The van der Waals surface area contributed by atoms with Gasteiger partial charge in [-0.1, -0.05) is 59.8 Å². The maximum Gasteiger partial charge on any atom is 0.269 e. The molecule has 5 rings (SSSR count). The molecule has 0 N–H and O–H groups in total. The third kappa shape index (κ3) is 7.01. The fourth-order valence-corrected chi connectivity index (χ4v) is 7.73. The number of aromatic nitrogens is 3. The third-order valence-corrected chi connectivity index (χ3v) is 10.6. The van der Waals surface area contributed by atoms with E-state index in [2.05, 4.69) is 26.9 Å². The van der Waals surface area contributed by atoms with Crippen LogP contribution in [0.3, 0.4) is 0 Å². The van der Waals surface area contributed by atoms with Crippen LogP contribution in [-0.2, 0) is 14.8 Å². The lowest BCUT2D eigenvalue weighted by Gasteiger charge is -2.39. The first-order chi connectivity index (χ1) is 21.1. The Balaban J connectivity index is 1.13. The van der Waals surface area contributed by atoms with Crippen LogP contribution in [0, 0.1) is 17.0 Å². The molecule has 13 heteroatoms. The van der Waals surface area contributed by atoms with Gasteiger partial charge in [0.15, 0.2) is 11.0 Å².